The molecule has 0 bridgehead atoms. The van der Waals surface area contributed by atoms with Crippen LogP contribution in [0.4, 0.5) is 5.82 Å². The fraction of sp³-hybridized carbons (Fsp3) is 0.222. The summed E-state index contributed by atoms with van der Waals surface area (Å²) in [5.41, 5.74) is 14.5. The average Bonchev–Trinajstić information content (AvgIpc) is 2.93. The third kappa shape index (κ3) is 2.73. The van der Waals surface area contributed by atoms with Gasteiger partial charge in [0.15, 0.2) is 11.3 Å². The van der Waals surface area contributed by atoms with E-state index in [1.807, 2.05) is 26.0 Å². The van der Waals surface area contributed by atoms with E-state index < -0.39 is 11.9 Å². The van der Waals surface area contributed by atoms with Crippen molar-refractivity contribution in [3.63, 3.8) is 0 Å². The highest BCUT2D eigenvalue weighted by molar-refractivity contribution is 6.10. The maximum Gasteiger partial charge on any atom is 0.358 e. The van der Waals surface area contributed by atoms with E-state index in [-0.39, 0.29) is 22.6 Å². The lowest BCUT2D eigenvalue weighted by atomic mass is 10.1. The molecular formula is C18H19N5O4. The Hall–Kier alpha value is -3.62. The van der Waals surface area contributed by atoms with Crippen LogP contribution in [0.1, 0.15) is 32.0 Å². The molecule has 27 heavy (non-hydrogen) atoms. The Labute approximate surface area is 154 Å². The lowest BCUT2D eigenvalue weighted by Crippen LogP contribution is -2.14. The molecule has 1 aromatic carbocycles. The second kappa shape index (κ2) is 6.60. The van der Waals surface area contributed by atoms with Crippen molar-refractivity contribution in [2.45, 2.75) is 13.8 Å². The van der Waals surface area contributed by atoms with Gasteiger partial charge in [0.05, 0.1) is 26.1 Å². The van der Waals surface area contributed by atoms with Gasteiger partial charge in [-0.05, 0) is 25.5 Å². The molecule has 140 valence electrons. The maximum atomic E-state index is 12.0. The van der Waals surface area contributed by atoms with E-state index in [0.717, 1.165) is 11.1 Å². The fourth-order valence-electron chi connectivity index (χ4n) is 3.12. The summed E-state index contributed by atoms with van der Waals surface area (Å²) in [7, 11) is 2.79. The first-order valence-corrected chi connectivity index (χ1v) is 8.01. The molecule has 0 radical (unpaired) electrons. The van der Waals surface area contributed by atoms with E-state index in [1.165, 1.54) is 13.3 Å². The number of primary amides is 1. The molecule has 0 aliphatic rings. The van der Waals surface area contributed by atoms with Crippen molar-refractivity contribution in [3.05, 3.63) is 40.7 Å². The van der Waals surface area contributed by atoms with Crippen LogP contribution in [0.2, 0.25) is 0 Å². The van der Waals surface area contributed by atoms with Gasteiger partial charge < -0.3 is 20.9 Å². The molecular weight excluding hydrogens is 350 g/mol. The van der Waals surface area contributed by atoms with Crippen molar-refractivity contribution in [1.29, 1.82) is 0 Å². The van der Waals surface area contributed by atoms with Crippen LogP contribution in [0.15, 0.2) is 18.3 Å². The zero-order valence-corrected chi connectivity index (χ0v) is 15.4. The number of hydrogen-bond donors (Lipinski definition) is 2. The maximum absolute atomic E-state index is 12.0. The Balaban J connectivity index is 2.44. The molecule has 3 rings (SSSR count). The van der Waals surface area contributed by atoms with E-state index in [2.05, 4.69) is 14.7 Å². The number of aryl methyl sites for hydroxylation is 1. The number of rotatable bonds is 4. The monoisotopic (exact) mass is 369 g/mol. The highest BCUT2D eigenvalue weighted by Crippen LogP contribution is 2.35. The Kier molecular flexibility index (Phi) is 4.44. The number of benzene rings is 1. The van der Waals surface area contributed by atoms with Crippen molar-refractivity contribution >= 4 is 28.9 Å². The number of nitrogens with zero attached hydrogens (tertiary/aromatic N) is 3. The number of fused-ring (bicyclic) bond motifs is 1. The van der Waals surface area contributed by atoms with Crippen molar-refractivity contribution in [2.75, 3.05) is 20.0 Å². The second-order valence-corrected chi connectivity index (χ2v) is 5.94. The van der Waals surface area contributed by atoms with Gasteiger partial charge in [0.25, 0.3) is 5.91 Å². The molecule has 0 spiro atoms. The summed E-state index contributed by atoms with van der Waals surface area (Å²) < 4.78 is 11.6. The van der Waals surface area contributed by atoms with Gasteiger partial charge in [-0.3, -0.25) is 9.36 Å². The summed E-state index contributed by atoms with van der Waals surface area (Å²) in [5, 5.41) is 0. The molecule has 3 aromatic rings. The summed E-state index contributed by atoms with van der Waals surface area (Å²) in [6, 6.07) is 3.71. The van der Waals surface area contributed by atoms with Gasteiger partial charge in [-0.1, -0.05) is 6.07 Å². The van der Waals surface area contributed by atoms with Gasteiger partial charge in [-0.2, -0.15) is 0 Å². The summed E-state index contributed by atoms with van der Waals surface area (Å²) >= 11 is 0. The molecule has 9 heteroatoms. The van der Waals surface area contributed by atoms with Crippen LogP contribution in [0, 0.1) is 13.8 Å². The number of methoxy groups -OCH3 is 2. The van der Waals surface area contributed by atoms with E-state index >= 15 is 0 Å². The van der Waals surface area contributed by atoms with Crippen LogP contribution in [0.25, 0.3) is 16.9 Å². The average molecular weight is 369 g/mol. The molecule has 0 atom stereocenters. The lowest BCUT2D eigenvalue weighted by molar-refractivity contribution is 0.0593. The number of nitrogens with two attached hydrogens (primary N) is 2. The molecule has 2 aromatic heterocycles. The third-order valence-corrected chi connectivity index (χ3v) is 4.37. The van der Waals surface area contributed by atoms with Crippen molar-refractivity contribution < 1.29 is 19.1 Å². The molecule has 0 aliphatic carbocycles. The highest BCUT2D eigenvalue weighted by atomic mass is 16.5. The standard InChI is InChI=1S/C18H19N5O4/c1-8-5-6-11(26-3)9(2)14(8)23-15(19)12(16(20)24)13-17(23)21-7-10(22-13)18(25)27-4/h5-7H,19H2,1-4H3,(H2,20,24). The number of aromatic nitrogens is 3. The number of carbonyl (C=O) groups excluding carboxylic acids is 2. The summed E-state index contributed by atoms with van der Waals surface area (Å²) in [6.45, 7) is 3.76. The molecule has 2 heterocycles. The minimum Gasteiger partial charge on any atom is -0.496 e. The van der Waals surface area contributed by atoms with Gasteiger partial charge in [0.2, 0.25) is 0 Å². The largest absolute Gasteiger partial charge is 0.496 e. The number of anilines is 1. The van der Waals surface area contributed by atoms with Gasteiger partial charge in [0.1, 0.15) is 22.6 Å². The van der Waals surface area contributed by atoms with Crippen LogP contribution in [-0.4, -0.2) is 40.6 Å². The van der Waals surface area contributed by atoms with Gasteiger partial charge in [-0.25, -0.2) is 14.8 Å². The first-order valence-electron chi connectivity index (χ1n) is 8.01. The number of amides is 1. The number of hydrogen-bond acceptors (Lipinski definition) is 7. The van der Waals surface area contributed by atoms with Crippen molar-refractivity contribution in [2.24, 2.45) is 5.73 Å². The number of esters is 1. The van der Waals surface area contributed by atoms with Gasteiger partial charge in [0, 0.05) is 5.56 Å². The lowest BCUT2D eigenvalue weighted by Gasteiger charge is -2.16. The number of ether oxygens (including phenoxy) is 2. The third-order valence-electron chi connectivity index (χ3n) is 4.37. The topological polar surface area (TPSA) is 135 Å². The van der Waals surface area contributed by atoms with E-state index in [1.54, 1.807) is 11.7 Å². The second-order valence-electron chi connectivity index (χ2n) is 5.94. The molecule has 9 nitrogen and oxygen atoms in total. The van der Waals surface area contributed by atoms with E-state index in [4.69, 9.17) is 16.2 Å². The zero-order valence-electron chi connectivity index (χ0n) is 15.4. The Morgan fingerprint density at radius 2 is 1.89 bits per heavy atom. The van der Waals surface area contributed by atoms with E-state index in [0.29, 0.717) is 17.1 Å². The van der Waals surface area contributed by atoms with Crippen molar-refractivity contribution in [1.82, 2.24) is 14.5 Å². The smallest absolute Gasteiger partial charge is 0.358 e. The molecule has 0 aliphatic heterocycles. The summed E-state index contributed by atoms with van der Waals surface area (Å²) in [6.07, 6.45) is 1.26. The van der Waals surface area contributed by atoms with Gasteiger partial charge in [-0.15, -0.1) is 0 Å². The van der Waals surface area contributed by atoms with E-state index in [9.17, 15) is 9.59 Å². The molecule has 0 unspecified atom stereocenters. The SMILES string of the molecule is COC(=O)c1cnc2c(n1)c(C(N)=O)c(N)n2-c1c(C)ccc(OC)c1C. The predicted octanol–water partition coefficient (Wildman–Crippen LogP) is 1.51. The van der Waals surface area contributed by atoms with Crippen LogP contribution in [-0.2, 0) is 4.74 Å². The summed E-state index contributed by atoms with van der Waals surface area (Å²) in [5.74, 6) is -0.721. The van der Waals surface area contributed by atoms with Crippen LogP contribution in [0.5, 0.6) is 5.75 Å². The zero-order chi connectivity index (χ0) is 19.9. The van der Waals surface area contributed by atoms with Crippen LogP contribution >= 0.6 is 0 Å². The summed E-state index contributed by atoms with van der Waals surface area (Å²) in [4.78, 5) is 32.3. The fourth-order valence-corrected chi connectivity index (χ4v) is 3.12. The minimum atomic E-state index is -0.772. The predicted molar refractivity (Wildman–Crippen MR) is 99.2 cm³/mol. The molecule has 0 saturated carbocycles. The van der Waals surface area contributed by atoms with Gasteiger partial charge >= 0.3 is 5.97 Å². The molecule has 0 fully saturated rings. The molecule has 4 N–H and O–H groups in total. The Bertz CT molecular complexity index is 1090. The Morgan fingerprint density at radius 1 is 1.19 bits per heavy atom. The quantitative estimate of drug-likeness (QED) is 0.665. The first-order chi connectivity index (χ1) is 12.8. The number of nitrogen functional groups attached to an aromatic ring is 1. The molecule has 0 saturated heterocycles. The van der Waals surface area contributed by atoms with Crippen LogP contribution in [0.3, 0.4) is 0 Å². The van der Waals surface area contributed by atoms with Crippen LogP contribution < -0.4 is 16.2 Å². The molecule has 1 amide bonds. The Morgan fingerprint density at radius 3 is 2.48 bits per heavy atom. The minimum absolute atomic E-state index is 0.00938. The first kappa shape index (κ1) is 18.2. The number of carbonyl (C=O) groups is 2. The normalized spacial score (nSPS) is 10.8. The van der Waals surface area contributed by atoms with Crippen molar-refractivity contribution in [3.8, 4) is 11.4 Å². The highest BCUT2D eigenvalue weighted by Gasteiger charge is 2.26.